The molecule has 1 fully saturated rings. The molecule has 1 aliphatic rings. The van der Waals surface area contributed by atoms with Crippen molar-refractivity contribution < 1.29 is 5.11 Å². The molecule has 0 saturated carbocycles. The molecule has 0 spiro atoms. The van der Waals surface area contributed by atoms with Crippen molar-refractivity contribution in [2.24, 2.45) is 0 Å². The molecule has 1 aliphatic heterocycles. The average molecular weight is 394 g/mol. The highest BCUT2D eigenvalue weighted by atomic mass is 32.1. The minimum Gasteiger partial charge on any atom is -0.396 e. The fraction of sp³-hybridized carbons (Fsp3) is 0.286. The second-order valence-corrected chi connectivity index (χ2v) is 7.28. The van der Waals surface area contributed by atoms with Gasteiger partial charge in [0.05, 0.1) is 17.8 Å². The van der Waals surface area contributed by atoms with Crippen LogP contribution in [0.25, 0.3) is 5.82 Å². The van der Waals surface area contributed by atoms with Gasteiger partial charge < -0.3 is 19.9 Å². The molecule has 6 nitrogen and oxygen atoms in total. The molecular weight excluding hydrogens is 370 g/mol. The predicted molar refractivity (Wildman–Crippen MR) is 112 cm³/mol. The molecule has 0 aliphatic carbocycles. The fourth-order valence-corrected chi connectivity index (χ4v) is 3.99. The zero-order valence-corrected chi connectivity index (χ0v) is 16.5. The third-order valence-corrected chi connectivity index (χ3v) is 5.33. The van der Waals surface area contributed by atoms with E-state index in [0.717, 1.165) is 22.8 Å². The Labute approximate surface area is 169 Å². The lowest BCUT2D eigenvalue weighted by Crippen LogP contribution is -2.31. The molecule has 2 N–H and O–H groups in total. The number of nitrogens with zero attached hydrogens (tertiary/aromatic N) is 4. The number of pyridine rings is 2. The molecule has 0 bridgehead atoms. The van der Waals surface area contributed by atoms with Crippen molar-refractivity contribution in [2.45, 2.75) is 25.4 Å². The lowest BCUT2D eigenvalue weighted by atomic mass is 10.0. The van der Waals surface area contributed by atoms with E-state index in [0.29, 0.717) is 18.1 Å². The van der Waals surface area contributed by atoms with Crippen molar-refractivity contribution in [2.75, 3.05) is 13.2 Å². The van der Waals surface area contributed by atoms with Crippen molar-refractivity contribution in [1.82, 2.24) is 24.8 Å². The van der Waals surface area contributed by atoms with Gasteiger partial charge >= 0.3 is 0 Å². The number of rotatable bonds is 6. The minimum absolute atomic E-state index is 0.0490. The summed E-state index contributed by atoms with van der Waals surface area (Å²) in [4.78, 5) is 11.3. The van der Waals surface area contributed by atoms with Crippen LogP contribution in [0.15, 0.2) is 61.1 Å². The molecule has 0 amide bonds. The van der Waals surface area contributed by atoms with Crippen LogP contribution in [0.3, 0.4) is 0 Å². The van der Waals surface area contributed by atoms with E-state index in [2.05, 4.69) is 36.9 Å². The molecule has 28 heavy (non-hydrogen) atoms. The molecular formula is C21H23N5OS. The van der Waals surface area contributed by atoms with Crippen LogP contribution in [-0.2, 0) is 0 Å². The van der Waals surface area contributed by atoms with Gasteiger partial charge in [-0.15, -0.1) is 0 Å². The molecule has 144 valence electrons. The zero-order chi connectivity index (χ0) is 19.5. The molecule has 3 aromatic heterocycles. The number of aliphatic hydroxyl groups excluding tert-OH is 1. The number of aromatic nitrogens is 3. The summed E-state index contributed by atoms with van der Waals surface area (Å²) in [6.07, 6.45) is 6.34. The first-order valence-corrected chi connectivity index (χ1v) is 9.79. The Morgan fingerprint density at radius 2 is 2.04 bits per heavy atom. The minimum atomic E-state index is -0.0773. The van der Waals surface area contributed by atoms with E-state index in [1.807, 2.05) is 49.6 Å². The highest BCUT2D eigenvalue weighted by Gasteiger charge is 2.40. The maximum absolute atomic E-state index is 9.35. The lowest BCUT2D eigenvalue weighted by Gasteiger charge is -2.28. The van der Waals surface area contributed by atoms with Crippen LogP contribution in [0, 0.1) is 6.92 Å². The van der Waals surface area contributed by atoms with E-state index in [4.69, 9.17) is 12.2 Å². The quantitative estimate of drug-likeness (QED) is 0.628. The van der Waals surface area contributed by atoms with E-state index >= 15 is 0 Å². The fourth-order valence-electron chi connectivity index (χ4n) is 3.66. The Morgan fingerprint density at radius 1 is 1.14 bits per heavy atom. The molecule has 0 radical (unpaired) electrons. The molecule has 4 rings (SSSR count). The zero-order valence-electron chi connectivity index (χ0n) is 15.7. The molecule has 0 unspecified atom stereocenters. The molecule has 7 heteroatoms. The second kappa shape index (κ2) is 8.08. The lowest BCUT2D eigenvalue weighted by molar-refractivity contribution is 0.244. The molecule has 0 aromatic carbocycles. The van der Waals surface area contributed by atoms with Gasteiger partial charge in [-0.1, -0.05) is 12.1 Å². The third-order valence-electron chi connectivity index (χ3n) is 4.98. The normalized spacial score (nSPS) is 19.1. The second-order valence-electron chi connectivity index (χ2n) is 6.89. The van der Waals surface area contributed by atoms with Crippen molar-refractivity contribution in [3.63, 3.8) is 0 Å². The number of thiocarbonyl (C=S) groups is 1. The van der Waals surface area contributed by atoms with Crippen LogP contribution in [0.5, 0.6) is 0 Å². The summed E-state index contributed by atoms with van der Waals surface area (Å²) >= 11 is 5.64. The Hall–Kier alpha value is -2.77. The topological polar surface area (TPSA) is 66.2 Å². The molecule has 1 saturated heterocycles. The average Bonchev–Trinajstić information content (AvgIpc) is 3.32. The van der Waals surface area contributed by atoms with Crippen molar-refractivity contribution in [3.8, 4) is 5.82 Å². The van der Waals surface area contributed by atoms with Crippen LogP contribution in [0.1, 0.15) is 35.5 Å². The van der Waals surface area contributed by atoms with Gasteiger partial charge in [-0.25, -0.2) is 4.98 Å². The number of nitrogens with one attached hydrogen (secondary N) is 1. The van der Waals surface area contributed by atoms with Crippen LogP contribution in [0.4, 0.5) is 0 Å². The number of aliphatic hydroxyl groups is 1. The SMILES string of the molecule is Cc1ccc(-n2cccc2[C@H]2[C@H](c3ccccn3)NC(=S)N2CCCO)nc1. The Balaban J connectivity index is 1.78. The van der Waals surface area contributed by atoms with E-state index in [1.54, 1.807) is 6.20 Å². The van der Waals surface area contributed by atoms with E-state index < -0.39 is 0 Å². The van der Waals surface area contributed by atoms with Crippen molar-refractivity contribution in [1.29, 1.82) is 0 Å². The van der Waals surface area contributed by atoms with Crippen molar-refractivity contribution >= 4 is 17.3 Å². The largest absolute Gasteiger partial charge is 0.396 e. The number of hydrogen-bond acceptors (Lipinski definition) is 4. The maximum atomic E-state index is 9.35. The van der Waals surface area contributed by atoms with Crippen LogP contribution >= 0.6 is 12.2 Å². The maximum Gasteiger partial charge on any atom is 0.170 e. The molecule has 3 aromatic rings. The molecule has 4 heterocycles. The number of hydrogen-bond donors (Lipinski definition) is 2. The van der Waals surface area contributed by atoms with Gasteiger partial charge in [0.1, 0.15) is 5.82 Å². The van der Waals surface area contributed by atoms with Crippen LogP contribution in [0.2, 0.25) is 0 Å². The van der Waals surface area contributed by atoms with Crippen LogP contribution in [-0.4, -0.2) is 42.8 Å². The Bertz CT molecular complexity index is 941. The highest BCUT2D eigenvalue weighted by molar-refractivity contribution is 7.80. The standard InChI is InChI=1S/C21H23N5OS/c1-15-8-9-18(23-14-15)25-11-4-7-17(25)20-19(16-6-2-3-10-22-16)24-21(28)26(20)12-5-13-27/h2-4,6-11,14,19-20,27H,5,12-13H2,1H3,(H,24,28)/t19-,20-/m0/s1. The summed E-state index contributed by atoms with van der Waals surface area (Å²) in [6.45, 7) is 2.82. The number of aryl methyl sites for hydroxylation is 1. The Kier molecular flexibility index (Phi) is 5.36. The smallest absolute Gasteiger partial charge is 0.170 e. The summed E-state index contributed by atoms with van der Waals surface area (Å²) in [6, 6.07) is 14.0. The van der Waals surface area contributed by atoms with E-state index in [1.165, 1.54) is 0 Å². The summed E-state index contributed by atoms with van der Waals surface area (Å²) < 4.78 is 2.10. The monoisotopic (exact) mass is 393 g/mol. The van der Waals surface area contributed by atoms with Gasteiger partial charge in [-0.3, -0.25) is 4.98 Å². The van der Waals surface area contributed by atoms with Gasteiger partial charge in [-0.2, -0.15) is 0 Å². The highest BCUT2D eigenvalue weighted by Crippen LogP contribution is 2.39. The van der Waals surface area contributed by atoms with Gasteiger partial charge in [0.2, 0.25) is 0 Å². The van der Waals surface area contributed by atoms with Gasteiger partial charge in [0.15, 0.2) is 5.11 Å². The first-order valence-electron chi connectivity index (χ1n) is 9.38. The molecule has 2 atom stereocenters. The Morgan fingerprint density at radius 3 is 2.75 bits per heavy atom. The van der Waals surface area contributed by atoms with E-state index in [9.17, 15) is 5.11 Å². The van der Waals surface area contributed by atoms with E-state index in [-0.39, 0.29) is 18.7 Å². The van der Waals surface area contributed by atoms with Crippen LogP contribution < -0.4 is 5.32 Å². The van der Waals surface area contributed by atoms with Gasteiger partial charge in [-0.05, 0) is 61.5 Å². The van der Waals surface area contributed by atoms with Gasteiger partial charge in [0.25, 0.3) is 0 Å². The predicted octanol–water partition coefficient (Wildman–Crippen LogP) is 2.93. The summed E-state index contributed by atoms with van der Waals surface area (Å²) in [5, 5.41) is 13.5. The summed E-state index contributed by atoms with van der Waals surface area (Å²) in [7, 11) is 0. The third kappa shape index (κ3) is 3.50. The van der Waals surface area contributed by atoms with Crippen molar-refractivity contribution in [3.05, 3.63) is 78.0 Å². The summed E-state index contributed by atoms with van der Waals surface area (Å²) in [5.41, 5.74) is 3.14. The first kappa shape index (κ1) is 18.6. The summed E-state index contributed by atoms with van der Waals surface area (Å²) in [5.74, 6) is 0.866. The van der Waals surface area contributed by atoms with Gasteiger partial charge in [0, 0.05) is 37.4 Å². The first-order chi connectivity index (χ1) is 13.7.